The number of urea groups is 1. The number of hydrogen-bond acceptors (Lipinski definition) is 8. The topological polar surface area (TPSA) is 116 Å². The normalized spacial score (nSPS) is 17.3. The third kappa shape index (κ3) is 4.95. The molecule has 1 saturated heterocycles. The highest BCUT2D eigenvalue weighted by molar-refractivity contribution is 7.91. The second-order valence-corrected chi connectivity index (χ2v) is 9.88. The number of carbonyl (C=O) groups is 2. The summed E-state index contributed by atoms with van der Waals surface area (Å²) in [7, 11) is -1.01. The van der Waals surface area contributed by atoms with Crippen LogP contribution in [0.3, 0.4) is 0 Å². The monoisotopic (exact) mass is 448 g/mol. The van der Waals surface area contributed by atoms with Gasteiger partial charge in [-0.15, -0.1) is 10.2 Å². The number of hydrogen-bond donors (Lipinski definition) is 0. The minimum atomic E-state index is -3.78. The van der Waals surface area contributed by atoms with E-state index in [9.17, 15) is 18.0 Å². The van der Waals surface area contributed by atoms with Crippen molar-refractivity contribution in [2.75, 3.05) is 45.2 Å². The molecule has 0 saturated carbocycles. The number of carbonyl (C=O) groups excluding carboxylic acids is 2. The van der Waals surface area contributed by atoms with Crippen molar-refractivity contribution in [1.82, 2.24) is 24.3 Å². The fourth-order valence-electron chi connectivity index (χ4n) is 2.69. The number of nitrogens with zero attached hydrogens (tertiary/aromatic N) is 6. The Hall–Kier alpha value is -1.99. The van der Waals surface area contributed by atoms with Gasteiger partial charge in [0, 0.05) is 33.7 Å². The van der Waals surface area contributed by atoms with Crippen molar-refractivity contribution >= 4 is 38.6 Å². The van der Waals surface area contributed by atoms with E-state index in [0.717, 1.165) is 28.5 Å². The Kier molecular flexibility index (Phi) is 7.77. The second-order valence-electron chi connectivity index (χ2n) is 6.60. The lowest BCUT2D eigenvalue weighted by Gasteiger charge is -2.24. The van der Waals surface area contributed by atoms with E-state index in [1.165, 1.54) is 23.9 Å². The first-order valence-electron chi connectivity index (χ1n) is 9.47. The Labute approximate surface area is 175 Å². The minimum Gasteiger partial charge on any atom is -0.423 e. The summed E-state index contributed by atoms with van der Waals surface area (Å²) in [5.41, 5.74) is 0. The van der Waals surface area contributed by atoms with Gasteiger partial charge in [-0.3, -0.25) is 0 Å². The summed E-state index contributed by atoms with van der Waals surface area (Å²) in [5.74, 6) is 0. The number of rotatable bonds is 9. The lowest BCUT2D eigenvalue weighted by molar-refractivity contribution is 0.0689. The van der Waals surface area contributed by atoms with Crippen LogP contribution in [0, 0.1) is 0 Å². The Balaban J connectivity index is 2.32. The summed E-state index contributed by atoms with van der Waals surface area (Å²) < 4.78 is 31.0. The van der Waals surface area contributed by atoms with Crippen LogP contribution < -0.4 is 4.90 Å². The highest BCUT2D eigenvalue weighted by Gasteiger charge is 2.43. The van der Waals surface area contributed by atoms with Crippen molar-refractivity contribution in [3.8, 4) is 0 Å². The lowest BCUT2D eigenvalue weighted by Crippen LogP contribution is -2.41. The van der Waals surface area contributed by atoms with E-state index in [2.05, 4.69) is 10.2 Å². The second kappa shape index (κ2) is 9.67. The van der Waals surface area contributed by atoms with E-state index in [1.54, 1.807) is 4.90 Å². The fourth-order valence-corrected chi connectivity index (χ4v) is 4.85. The van der Waals surface area contributed by atoms with Gasteiger partial charge >= 0.3 is 12.1 Å². The molecule has 1 atom stereocenters. The molecule has 29 heavy (non-hydrogen) atoms. The van der Waals surface area contributed by atoms with Crippen molar-refractivity contribution in [2.24, 2.45) is 0 Å². The van der Waals surface area contributed by atoms with Crippen LogP contribution in [0.2, 0.25) is 0 Å². The molecule has 1 aromatic rings. The molecule has 0 N–H and O–H groups in total. The molecule has 164 valence electrons. The van der Waals surface area contributed by atoms with E-state index >= 15 is 0 Å². The zero-order chi connectivity index (χ0) is 21.8. The molecule has 1 aromatic heterocycles. The van der Waals surface area contributed by atoms with Gasteiger partial charge in [-0.25, -0.2) is 27.2 Å². The molecule has 2 heterocycles. The molecule has 13 heteroatoms. The predicted molar refractivity (Wildman–Crippen MR) is 108 cm³/mol. The first-order chi connectivity index (χ1) is 13.7. The third-order valence-electron chi connectivity index (χ3n) is 4.48. The predicted octanol–water partition coefficient (Wildman–Crippen LogP) is 1.64. The quantitative estimate of drug-likeness (QED) is 0.527. The summed E-state index contributed by atoms with van der Waals surface area (Å²) in [6, 6.07) is -0.388. The molecule has 2 rings (SSSR count). The molecule has 0 radical (unpaired) electrons. The third-order valence-corrected chi connectivity index (χ3v) is 7.57. The van der Waals surface area contributed by atoms with Gasteiger partial charge in [0.05, 0.1) is 6.54 Å². The van der Waals surface area contributed by atoms with Gasteiger partial charge in [0.1, 0.15) is 0 Å². The first kappa shape index (κ1) is 23.3. The zero-order valence-corrected chi connectivity index (χ0v) is 19.0. The van der Waals surface area contributed by atoms with Gasteiger partial charge < -0.3 is 14.5 Å². The molecule has 1 unspecified atom stereocenters. The van der Waals surface area contributed by atoms with Gasteiger partial charge in [0.25, 0.3) is 10.0 Å². The molecule has 0 spiro atoms. The van der Waals surface area contributed by atoms with E-state index in [0.29, 0.717) is 19.6 Å². The standard InChI is InChI=1S/C16H28N6O5S2/c1-6-9-10-21-11-12(27-16(24)20(7-2)8-3)22(15(21)23)13-17-18-14(28-13)29(25,26)19(4)5/h12H,6-11H2,1-5H3. The number of ether oxygens (including phenoxy) is 1. The molecular formula is C16H28N6O5S2. The van der Waals surface area contributed by atoms with Crippen LogP contribution in [0.5, 0.6) is 0 Å². The van der Waals surface area contributed by atoms with Crippen LogP contribution in [0.15, 0.2) is 4.34 Å². The van der Waals surface area contributed by atoms with Crippen molar-refractivity contribution in [2.45, 2.75) is 44.2 Å². The molecule has 0 bridgehead atoms. The minimum absolute atomic E-state index is 0.0757. The fraction of sp³-hybridized carbons (Fsp3) is 0.750. The van der Waals surface area contributed by atoms with Crippen LogP contribution in [0.25, 0.3) is 0 Å². The average Bonchev–Trinajstić information content (AvgIpc) is 3.26. The van der Waals surface area contributed by atoms with Crippen LogP contribution in [0.4, 0.5) is 14.7 Å². The Morgan fingerprint density at radius 3 is 2.45 bits per heavy atom. The van der Waals surface area contributed by atoms with Crippen molar-refractivity contribution in [1.29, 1.82) is 0 Å². The Bertz CT molecular complexity index is 824. The van der Waals surface area contributed by atoms with Gasteiger partial charge in [0.15, 0.2) is 0 Å². The van der Waals surface area contributed by atoms with Crippen molar-refractivity contribution in [3.63, 3.8) is 0 Å². The molecule has 3 amide bonds. The molecule has 0 aromatic carbocycles. The van der Waals surface area contributed by atoms with Crippen molar-refractivity contribution < 1.29 is 22.7 Å². The van der Waals surface area contributed by atoms with Crippen molar-refractivity contribution in [3.05, 3.63) is 0 Å². The molecule has 1 fully saturated rings. The molecule has 1 aliphatic rings. The summed E-state index contributed by atoms with van der Waals surface area (Å²) in [6.07, 6.45) is 0.251. The number of sulfonamides is 1. The summed E-state index contributed by atoms with van der Waals surface area (Å²) in [6.45, 7) is 7.31. The SMILES string of the molecule is CCCCN1CC(OC(=O)N(CC)CC)N(c2nnc(S(=O)(=O)N(C)C)s2)C1=O. The lowest BCUT2D eigenvalue weighted by atomic mass is 10.3. The van der Waals surface area contributed by atoms with Crippen LogP contribution in [-0.2, 0) is 14.8 Å². The highest BCUT2D eigenvalue weighted by Crippen LogP contribution is 2.31. The van der Waals surface area contributed by atoms with E-state index in [-0.39, 0.29) is 22.0 Å². The maximum atomic E-state index is 12.9. The zero-order valence-electron chi connectivity index (χ0n) is 17.4. The number of aromatic nitrogens is 2. The number of anilines is 1. The highest BCUT2D eigenvalue weighted by atomic mass is 32.2. The van der Waals surface area contributed by atoms with Crippen LogP contribution in [-0.4, -0.2) is 91.3 Å². The molecule has 11 nitrogen and oxygen atoms in total. The largest absolute Gasteiger partial charge is 0.423 e. The first-order valence-corrected chi connectivity index (χ1v) is 11.7. The maximum absolute atomic E-state index is 12.9. The Morgan fingerprint density at radius 2 is 1.90 bits per heavy atom. The van der Waals surface area contributed by atoms with Crippen LogP contribution >= 0.6 is 11.3 Å². The smallest absolute Gasteiger partial charge is 0.411 e. The molecule has 1 aliphatic heterocycles. The van der Waals surface area contributed by atoms with Gasteiger partial charge in [-0.2, -0.15) is 0 Å². The van der Waals surface area contributed by atoms with E-state index < -0.39 is 22.3 Å². The van der Waals surface area contributed by atoms with Gasteiger partial charge in [0.2, 0.25) is 15.7 Å². The van der Waals surface area contributed by atoms with E-state index in [4.69, 9.17) is 4.74 Å². The van der Waals surface area contributed by atoms with Crippen LogP contribution in [0.1, 0.15) is 33.6 Å². The van der Waals surface area contributed by atoms with Gasteiger partial charge in [-0.1, -0.05) is 24.7 Å². The Morgan fingerprint density at radius 1 is 1.24 bits per heavy atom. The average molecular weight is 449 g/mol. The number of unbranched alkanes of at least 4 members (excludes halogenated alkanes) is 1. The summed E-state index contributed by atoms with van der Waals surface area (Å²) in [5, 5.41) is 7.70. The number of amides is 3. The maximum Gasteiger partial charge on any atom is 0.411 e. The summed E-state index contributed by atoms with van der Waals surface area (Å²) >= 11 is 0.767. The summed E-state index contributed by atoms with van der Waals surface area (Å²) in [4.78, 5) is 29.6. The van der Waals surface area contributed by atoms with Gasteiger partial charge in [-0.05, 0) is 20.3 Å². The van der Waals surface area contributed by atoms with E-state index in [1.807, 2.05) is 20.8 Å². The molecule has 0 aliphatic carbocycles. The molecular weight excluding hydrogens is 420 g/mol.